The van der Waals surface area contributed by atoms with E-state index >= 15 is 0 Å². The summed E-state index contributed by atoms with van der Waals surface area (Å²) in [6.07, 6.45) is 3.36. The van der Waals surface area contributed by atoms with Crippen LogP contribution in [-0.2, 0) is 0 Å². The van der Waals surface area contributed by atoms with Crippen LogP contribution in [0, 0.1) is 0 Å². The lowest BCUT2D eigenvalue weighted by atomic mass is 9.96. The van der Waals surface area contributed by atoms with Crippen molar-refractivity contribution in [1.29, 1.82) is 0 Å². The van der Waals surface area contributed by atoms with Crippen LogP contribution in [0.5, 0.6) is 17.2 Å². The Morgan fingerprint density at radius 2 is 1.97 bits per heavy atom. The predicted octanol–water partition coefficient (Wildman–Crippen LogP) is 4.18. The minimum Gasteiger partial charge on any atom is -0.492 e. The van der Waals surface area contributed by atoms with Crippen molar-refractivity contribution in [2.75, 3.05) is 45.1 Å². The second-order valence-corrected chi connectivity index (χ2v) is 7.13. The molecule has 154 valence electrons. The van der Waals surface area contributed by atoms with E-state index < -0.39 is 0 Å². The van der Waals surface area contributed by atoms with Gasteiger partial charge < -0.3 is 24.8 Å². The Hall–Kier alpha value is -3.15. The number of ketones is 1. The number of rotatable bonds is 7. The highest BCUT2D eigenvalue weighted by Crippen LogP contribution is 2.42. The quantitative estimate of drug-likeness (QED) is 0.430. The summed E-state index contributed by atoms with van der Waals surface area (Å²) in [6, 6.07) is 9.16. The number of anilines is 2. The molecule has 2 N–H and O–H groups in total. The number of fused-ring (bicyclic) bond motifs is 1. The maximum absolute atomic E-state index is 13.2. The van der Waals surface area contributed by atoms with Crippen molar-refractivity contribution < 1.29 is 19.0 Å². The Labute approximate surface area is 171 Å². The smallest absolute Gasteiger partial charge is 0.204 e. The van der Waals surface area contributed by atoms with Gasteiger partial charge in [-0.3, -0.25) is 4.79 Å². The second-order valence-electron chi connectivity index (χ2n) is 7.13. The molecule has 0 saturated carbocycles. The zero-order valence-electron chi connectivity index (χ0n) is 17.5. The van der Waals surface area contributed by atoms with Gasteiger partial charge >= 0.3 is 0 Å². The van der Waals surface area contributed by atoms with Crippen molar-refractivity contribution in [1.82, 2.24) is 0 Å². The molecule has 0 fully saturated rings. The number of methoxy groups -OCH3 is 1. The molecule has 2 aromatic carbocycles. The van der Waals surface area contributed by atoms with E-state index in [1.165, 1.54) is 0 Å². The van der Waals surface area contributed by atoms with Crippen LogP contribution in [0.1, 0.15) is 35.7 Å². The summed E-state index contributed by atoms with van der Waals surface area (Å²) in [5.41, 5.74) is 9.66. The molecule has 0 radical (unpaired) electrons. The molecule has 1 aliphatic heterocycles. The third-order valence-electron chi connectivity index (χ3n) is 4.81. The molecule has 0 aliphatic carbocycles. The molecule has 0 bridgehead atoms. The SMILES string of the molecule is CCC/C(=C\c1ccc2c(c1OC)OCCO2)C(=O)c1ccc(N(C)C)c(N)c1. The zero-order chi connectivity index (χ0) is 21.0. The number of allylic oxidation sites excluding steroid dienone is 1. The average Bonchev–Trinajstić information content (AvgIpc) is 2.72. The molecule has 1 heterocycles. The van der Waals surface area contributed by atoms with Gasteiger partial charge in [-0.25, -0.2) is 0 Å². The number of benzene rings is 2. The fourth-order valence-corrected chi connectivity index (χ4v) is 3.43. The first-order chi connectivity index (χ1) is 14.0. The monoisotopic (exact) mass is 396 g/mol. The highest BCUT2D eigenvalue weighted by Gasteiger charge is 2.21. The molecule has 1 aliphatic rings. The Morgan fingerprint density at radius 3 is 2.62 bits per heavy atom. The molecule has 0 unspecified atom stereocenters. The normalized spacial score (nSPS) is 13.2. The van der Waals surface area contributed by atoms with Crippen LogP contribution in [0.3, 0.4) is 0 Å². The Kier molecular flexibility index (Phi) is 6.32. The van der Waals surface area contributed by atoms with Crippen molar-refractivity contribution >= 4 is 23.2 Å². The fraction of sp³-hybridized carbons (Fsp3) is 0.348. The van der Waals surface area contributed by atoms with Crippen LogP contribution in [0.4, 0.5) is 11.4 Å². The molecule has 0 saturated heterocycles. The van der Waals surface area contributed by atoms with Crippen LogP contribution in [-0.4, -0.2) is 40.2 Å². The molecule has 3 rings (SSSR count). The molecule has 0 aromatic heterocycles. The molecule has 6 nitrogen and oxygen atoms in total. The van der Waals surface area contributed by atoms with E-state index in [0.29, 0.717) is 53.7 Å². The lowest BCUT2D eigenvalue weighted by Gasteiger charge is -2.21. The maximum Gasteiger partial charge on any atom is 0.204 e. The number of ether oxygens (including phenoxy) is 3. The van der Waals surface area contributed by atoms with Crippen LogP contribution in [0.15, 0.2) is 35.9 Å². The van der Waals surface area contributed by atoms with E-state index in [9.17, 15) is 4.79 Å². The summed E-state index contributed by atoms with van der Waals surface area (Å²) < 4.78 is 16.9. The van der Waals surface area contributed by atoms with Gasteiger partial charge in [0.05, 0.1) is 18.5 Å². The van der Waals surface area contributed by atoms with Gasteiger partial charge in [0, 0.05) is 30.8 Å². The number of carbonyl (C=O) groups is 1. The third-order valence-corrected chi connectivity index (χ3v) is 4.81. The lowest BCUT2D eigenvalue weighted by molar-refractivity contribution is 0.103. The topological polar surface area (TPSA) is 74.0 Å². The van der Waals surface area contributed by atoms with Crippen LogP contribution < -0.4 is 24.8 Å². The summed E-state index contributed by atoms with van der Waals surface area (Å²) in [5, 5.41) is 0. The number of hydrogen-bond donors (Lipinski definition) is 1. The Balaban J connectivity index is 2.01. The standard InChI is InChI=1S/C23H28N2O4/c1-5-6-15(21(26)16-7-9-19(25(2)3)18(24)14-16)13-17-8-10-20-23(22(17)27-4)29-12-11-28-20/h7-10,13-14H,5-6,11-12,24H2,1-4H3/b15-13+. The van der Waals surface area contributed by atoms with E-state index in [1.807, 2.05) is 56.3 Å². The summed E-state index contributed by atoms with van der Waals surface area (Å²) in [5.74, 6) is 1.77. The first-order valence-corrected chi connectivity index (χ1v) is 9.75. The van der Waals surface area contributed by atoms with Gasteiger partial charge in [-0.1, -0.05) is 13.3 Å². The van der Waals surface area contributed by atoms with Crippen LogP contribution >= 0.6 is 0 Å². The molecule has 0 spiro atoms. The molecular formula is C23H28N2O4. The number of Topliss-reactive ketones (excluding diaryl/α,β-unsaturated/α-hetero) is 1. The van der Waals surface area contributed by atoms with E-state index in [1.54, 1.807) is 13.2 Å². The molecule has 6 heteroatoms. The van der Waals surface area contributed by atoms with Crippen LogP contribution in [0.2, 0.25) is 0 Å². The molecule has 29 heavy (non-hydrogen) atoms. The van der Waals surface area contributed by atoms with Crippen molar-refractivity contribution in [3.63, 3.8) is 0 Å². The van der Waals surface area contributed by atoms with Crippen molar-refractivity contribution in [2.24, 2.45) is 0 Å². The number of hydrogen-bond acceptors (Lipinski definition) is 6. The van der Waals surface area contributed by atoms with Gasteiger partial charge in [0.2, 0.25) is 5.75 Å². The minimum absolute atomic E-state index is 0.0409. The Bertz CT molecular complexity index is 935. The predicted molar refractivity (Wildman–Crippen MR) is 116 cm³/mol. The minimum atomic E-state index is -0.0409. The average molecular weight is 396 g/mol. The molecular weight excluding hydrogens is 368 g/mol. The highest BCUT2D eigenvalue weighted by molar-refractivity contribution is 6.12. The van der Waals surface area contributed by atoms with E-state index in [-0.39, 0.29) is 5.78 Å². The second kappa shape index (κ2) is 8.90. The first-order valence-electron chi connectivity index (χ1n) is 9.75. The maximum atomic E-state index is 13.2. The van der Waals surface area contributed by atoms with E-state index in [4.69, 9.17) is 19.9 Å². The third kappa shape index (κ3) is 4.31. The van der Waals surface area contributed by atoms with Crippen molar-refractivity contribution in [3.05, 3.63) is 47.0 Å². The lowest BCUT2D eigenvalue weighted by Crippen LogP contribution is -2.16. The Morgan fingerprint density at radius 1 is 1.21 bits per heavy atom. The first kappa shape index (κ1) is 20.6. The van der Waals surface area contributed by atoms with Gasteiger partial charge in [-0.15, -0.1) is 0 Å². The summed E-state index contributed by atoms with van der Waals surface area (Å²) in [4.78, 5) is 15.1. The van der Waals surface area contributed by atoms with E-state index in [0.717, 1.165) is 17.7 Å². The molecule has 2 aromatic rings. The number of nitrogen functional groups attached to an aromatic ring is 1. The highest BCUT2D eigenvalue weighted by atomic mass is 16.6. The van der Waals surface area contributed by atoms with Gasteiger partial charge in [0.25, 0.3) is 0 Å². The fourth-order valence-electron chi connectivity index (χ4n) is 3.43. The van der Waals surface area contributed by atoms with Gasteiger partial charge in [0.15, 0.2) is 17.3 Å². The molecule has 0 atom stereocenters. The summed E-state index contributed by atoms with van der Waals surface area (Å²) in [7, 11) is 5.43. The number of carbonyl (C=O) groups excluding carboxylic acids is 1. The van der Waals surface area contributed by atoms with Crippen molar-refractivity contribution in [2.45, 2.75) is 19.8 Å². The number of nitrogens with two attached hydrogens (primary N) is 1. The summed E-state index contributed by atoms with van der Waals surface area (Å²) >= 11 is 0. The summed E-state index contributed by atoms with van der Waals surface area (Å²) in [6.45, 7) is 3.02. The van der Waals surface area contributed by atoms with Crippen LogP contribution in [0.25, 0.3) is 6.08 Å². The van der Waals surface area contributed by atoms with E-state index in [2.05, 4.69) is 0 Å². The van der Waals surface area contributed by atoms with Gasteiger partial charge in [-0.2, -0.15) is 0 Å². The van der Waals surface area contributed by atoms with Gasteiger partial charge in [0.1, 0.15) is 13.2 Å². The zero-order valence-corrected chi connectivity index (χ0v) is 17.5. The molecule has 0 amide bonds. The van der Waals surface area contributed by atoms with Crippen molar-refractivity contribution in [3.8, 4) is 17.2 Å². The number of nitrogens with zero attached hydrogens (tertiary/aromatic N) is 1. The largest absolute Gasteiger partial charge is 0.492 e. The van der Waals surface area contributed by atoms with Gasteiger partial charge in [-0.05, 0) is 42.8 Å².